The van der Waals surface area contributed by atoms with Gasteiger partial charge in [0.05, 0.1) is 11.0 Å². The van der Waals surface area contributed by atoms with Crippen LogP contribution in [-0.4, -0.2) is 16.1 Å². The highest BCUT2D eigenvalue weighted by Gasteiger charge is 2.47. The summed E-state index contributed by atoms with van der Waals surface area (Å²) >= 11 is 12.1. The molecule has 0 aromatic rings. The van der Waals surface area contributed by atoms with Gasteiger partial charge in [0.15, 0.2) is 0 Å². The second-order valence-corrected chi connectivity index (χ2v) is 4.53. The first-order valence-corrected chi connectivity index (χ1v) is 4.82. The molecule has 0 spiro atoms. The Kier molecular flexibility index (Phi) is 1.98. The third-order valence-electron chi connectivity index (χ3n) is 2.45. The van der Waals surface area contributed by atoms with E-state index in [0.717, 1.165) is 12.8 Å². The van der Waals surface area contributed by atoms with E-state index in [1.807, 2.05) is 0 Å². The van der Waals surface area contributed by atoms with E-state index in [0.29, 0.717) is 11.0 Å². The van der Waals surface area contributed by atoms with Gasteiger partial charge in [-0.3, -0.25) is 0 Å². The van der Waals surface area contributed by atoms with Crippen LogP contribution < -0.4 is 0 Å². The molecule has 66 valence electrons. The first-order valence-electron chi connectivity index (χ1n) is 4.06. The molecule has 0 radical (unpaired) electrons. The van der Waals surface area contributed by atoms with Crippen molar-refractivity contribution in [3.05, 3.63) is 23.3 Å². The summed E-state index contributed by atoms with van der Waals surface area (Å²) in [6.07, 6.45) is 6.71. The Morgan fingerprint density at radius 2 is 2.17 bits per heavy atom. The molecule has 2 rings (SSSR count). The molecule has 2 atom stereocenters. The Morgan fingerprint density at radius 3 is 2.75 bits per heavy atom. The second kappa shape index (κ2) is 2.76. The predicted octanol–water partition coefficient (Wildman–Crippen LogP) is 2.43. The summed E-state index contributed by atoms with van der Waals surface area (Å²) < 4.78 is 0. The van der Waals surface area contributed by atoms with E-state index in [9.17, 15) is 5.11 Å². The SMILES string of the molecule is OC1C=CC(Cl)=CC1(Cl)C1CC1. The van der Waals surface area contributed by atoms with Crippen LogP contribution in [0.4, 0.5) is 0 Å². The fraction of sp³-hybridized carbons (Fsp3) is 0.556. The molecule has 0 amide bonds. The minimum atomic E-state index is -0.633. The minimum absolute atomic E-state index is 0.396. The first kappa shape index (κ1) is 8.61. The van der Waals surface area contributed by atoms with Gasteiger partial charge in [0.25, 0.3) is 0 Å². The predicted molar refractivity (Wildman–Crippen MR) is 50.4 cm³/mol. The molecule has 2 aliphatic carbocycles. The molecule has 0 aromatic carbocycles. The van der Waals surface area contributed by atoms with Crippen molar-refractivity contribution in [2.24, 2.45) is 5.92 Å². The molecule has 1 N–H and O–H groups in total. The zero-order chi connectivity index (χ0) is 8.77. The largest absolute Gasteiger partial charge is 0.387 e. The van der Waals surface area contributed by atoms with Gasteiger partial charge in [-0.15, -0.1) is 11.6 Å². The minimum Gasteiger partial charge on any atom is -0.387 e. The number of aliphatic hydroxyl groups is 1. The molecule has 1 nitrogen and oxygen atoms in total. The fourth-order valence-corrected chi connectivity index (χ4v) is 2.28. The van der Waals surface area contributed by atoms with E-state index in [1.54, 1.807) is 18.2 Å². The zero-order valence-corrected chi connectivity index (χ0v) is 8.02. The molecule has 2 aliphatic rings. The van der Waals surface area contributed by atoms with Crippen molar-refractivity contribution in [1.29, 1.82) is 0 Å². The van der Waals surface area contributed by atoms with Gasteiger partial charge in [-0.1, -0.05) is 17.7 Å². The molecule has 1 saturated carbocycles. The number of aliphatic hydroxyl groups excluding tert-OH is 1. The maximum Gasteiger partial charge on any atom is 0.0965 e. The van der Waals surface area contributed by atoms with Crippen molar-refractivity contribution in [1.82, 2.24) is 0 Å². The molecule has 0 saturated heterocycles. The van der Waals surface area contributed by atoms with Gasteiger partial charge < -0.3 is 5.11 Å². The molecular formula is C9H10Cl2O. The van der Waals surface area contributed by atoms with E-state index in [-0.39, 0.29) is 0 Å². The zero-order valence-electron chi connectivity index (χ0n) is 6.50. The summed E-state index contributed by atoms with van der Waals surface area (Å²) in [4.78, 5) is -0.633. The van der Waals surface area contributed by atoms with Crippen molar-refractivity contribution in [3.63, 3.8) is 0 Å². The standard InChI is InChI=1S/C9H10Cl2O/c10-7-3-4-8(12)9(11,5-7)6-1-2-6/h3-6,8,12H,1-2H2. The van der Waals surface area contributed by atoms with Crippen molar-refractivity contribution < 1.29 is 5.11 Å². The summed E-state index contributed by atoms with van der Waals surface area (Å²) in [5.41, 5.74) is 0. The van der Waals surface area contributed by atoms with Crippen molar-refractivity contribution >= 4 is 23.2 Å². The third kappa shape index (κ3) is 1.30. The number of alkyl halides is 1. The number of allylic oxidation sites excluding steroid dienone is 2. The average molecular weight is 205 g/mol. The molecule has 0 aromatic heterocycles. The molecule has 0 bridgehead atoms. The third-order valence-corrected chi connectivity index (χ3v) is 3.33. The van der Waals surface area contributed by atoms with E-state index < -0.39 is 11.0 Å². The molecule has 3 heteroatoms. The Balaban J connectivity index is 2.28. The molecule has 2 unspecified atom stereocenters. The van der Waals surface area contributed by atoms with Gasteiger partial charge in [0, 0.05) is 5.03 Å². The summed E-state index contributed by atoms with van der Waals surface area (Å²) in [5.74, 6) is 0.396. The Bertz CT molecular complexity index is 255. The van der Waals surface area contributed by atoms with Crippen LogP contribution in [0.25, 0.3) is 0 Å². The smallest absolute Gasteiger partial charge is 0.0965 e. The monoisotopic (exact) mass is 204 g/mol. The Hall–Kier alpha value is 0.0200. The lowest BCUT2D eigenvalue weighted by Gasteiger charge is -2.29. The average Bonchev–Trinajstić information content (AvgIpc) is 2.79. The molecule has 0 heterocycles. The highest BCUT2D eigenvalue weighted by atomic mass is 35.5. The van der Waals surface area contributed by atoms with Crippen LogP contribution in [0.2, 0.25) is 0 Å². The number of hydrogen-bond acceptors (Lipinski definition) is 1. The topological polar surface area (TPSA) is 20.2 Å². The fourth-order valence-electron chi connectivity index (χ4n) is 1.56. The number of halogens is 2. The van der Waals surface area contributed by atoms with Crippen LogP contribution in [0.5, 0.6) is 0 Å². The van der Waals surface area contributed by atoms with Gasteiger partial charge in [-0.05, 0) is 30.9 Å². The van der Waals surface area contributed by atoms with Gasteiger partial charge in [-0.25, -0.2) is 0 Å². The van der Waals surface area contributed by atoms with Crippen LogP contribution in [0.1, 0.15) is 12.8 Å². The second-order valence-electron chi connectivity index (χ2n) is 3.43. The quantitative estimate of drug-likeness (QED) is 0.651. The van der Waals surface area contributed by atoms with Gasteiger partial charge in [-0.2, -0.15) is 0 Å². The van der Waals surface area contributed by atoms with Gasteiger partial charge >= 0.3 is 0 Å². The van der Waals surface area contributed by atoms with Gasteiger partial charge in [0.1, 0.15) is 0 Å². The molecule has 0 aliphatic heterocycles. The van der Waals surface area contributed by atoms with Gasteiger partial charge in [0.2, 0.25) is 0 Å². The van der Waals surface area contributed by atoms with Crippen LogP contribution in [0, 0.1) is 5.92 Å². The van der Waals surface area contributed by atoms with Crippen molar-refractivity contribution in [2.45, 2.75) is 23.8 Å². The first-order chi connectivity index (χ1) is 5.63. The molecule has 1 fully saturated rings. The Labute approximate surface area is 81.7 Å². The summed E-state index contributed by atoms with van der Waals surface area (Å²) in [6, 6.07) is 0. The highest BCUT2D eigenvalue weighted by Crippen LogP contribution is 2.49. The molecular weight excluding hydrogens is 195 g/mol. The van der Waals surface area contributed by atoms with Crippen LogP contribution in [-0.2, 0) is 0 Å². The Morgan fingerprint density at radius 1 is 1.50 bits per heavy atom. The lowest BCUT2D eigenvalue weighted by Crippen LogP contribution is -2.37. The summed E-state index contributed by atoms with van der Waals surface area (Å²) in [5, 5.41) is 10.3. The normalized spacial score (nSPS) is 41.2. The van der Waals surface area contributed by atoms with Crippen molar-refractivity contribution in [2.75, 3.05) is 0 Å². The van der Waals surface area contributed by atoms with Crippen molar-refractivity contribution in [3.8, 4) is 0 Å². The van der Waals surface area contributed by atoms with Crippen LogP contribution in [0.15, 0.2) is 23.3 Å². The number of rotatable bonds is 1. The lowest BCUT2D eigenvalue weighted by atomic mass is 9.92. The summed E-state index contributed by atoms with van der Waals surface area (Å²) in [7, 11) is 0. The summed E-state index contributed by atoms with van der Waals surface area (Å²) in [6.45, 7) is 0. The van der Waals surface area contributed by atoms with E-state index in [1.165, 1.54) is 0 Å². The highest BCUT2D eigenvalue weighted by molar-refractivity contribution is 6.33. The lowest BCUT2D eigenvalue weighted by molar-refractivity contribution is 0.178. The maximum absolute atomic E-state index is 9.63. The number of hydrogen-bond donors (Lipinski definition) is 1. The maximum atomic E-state index is 9.63. The van der Waals surface area contributed by atoms with E-state index in [2.05, 4.69) is 0 Å². The van der Waals surface area contributed by atoms with Crippen LogP contribution >= 0.6 is 23.2 Å². The van der Waals surface area contributed by atoms with Crippen LogP contribution in [0.3, 0.4) is 0 Å². The molecule has 12 heavy (non-hydrogen) atoms. The van der Waals surface area contributed by atoms with E-state index in [4.69, 9.17) is 23.2 Å². The van der Waals surface area contributed by atoms with E-state index >= 15 is 0 Å².